The molecule has 3 aromatic rings. The van der Waals surface area contributed by atoms with Crippen molar-refractivity contribution in [1.82, 2.24) is 4.98 Å². The second-order valence-electron chi connectivity index (χ2n) is 4.75. The number of aromatic nitrogens is 1. The van der Waals surface area contributed by atoms with E-state index in [1.165, 1.54) is 11.8 Å². The summed E-state index contributed by atoms with van der Waals surface area (Å²) in [6.45, 7) is 3.37. The topological polar surface area (TPSA) is 63.0 Å². The summed E-state index contributed by atoms with van der Waals surface area (Å²) in [6, 6.07) is 12.0. The predicted octanol–water partition coefficient (Wildman–Crippen LogP) is 5.19. The van der Waals surface area contributed by atoms with E-state index < -0.39 is 5.97 Å². The van der Waals surface area contributed by atoms with Crippen molar-refractivity contribution in [3.05, 3.63) is 59.5 Å². The van der Waals surface area contributed by atoms with Crippen LogP contribution < -0.4 is 0 Å². The van der Waals surface area contributed by atoms with E-state index in [0.717, 1.165) is 27.3 Å². The molecule has 0 fully saturated rings. The van der Waals surface area contributed by atoms with E-state index in [9.17, 15) is 10.1 Å². The number of thiophene rings is 2. The summed E-state index contributed by atoms with van der Waals surface area (Å²) in [7, 11) is 0. The predicted molar refractivity (Wildman–Crippen MR) is 103 cm³/mol. The van der Waals surface area contributed by atoms with Gasteiger partial charge in [0.1, 0.15) is 11.1 Å². The number of carbonyl (C=O) groups excluding carboxylic acids is 1. The van der Waals surface area contributed by atoms with Crippen LogP contribution in [0, 0.1) is 11.3 Å². The van der Waals surface area contributed by atoms with Crippen molar-refractivity contribution in [2.45, 2.75) is 5.03 Å². The van der Waals surface area contributed by atoms with E-state index in [-0.39, 0.29) is 5.75 Å². The lowest BCUT2D eigenvalue weighted by molar-refractivity contribution is -0.134. The SMILES string of the molecule is C=COC(=O)CSc1nc(-c2cccs2)cc(-c2cccs2)c1C#N. The van der Waals surface area contributed by atoms with Crippen LogP contribution in [0.1, 0.15) is 5.56 Å². The molecule has 3 aromatic heterocycles. The fourth-order valence-corrected chi connectivity index (χ4v) is 4.39. The minimum absolute atomic E-state index is 0.0610. The third kappa shape index (κ3) is 3.99. The largest absolute Gasteiger partial charge is 0.435 e. The molecule has 0 aliphatic rings. The first kappa shape index (κ1) is 17.4. The zero-order valence-corrected chi connectivity index (χ0v) is 15.4. The number of thioether (sulfide) groups is 1. The van der Waals surface area contributed by atoms with E-state index in [0.29, 0.717) is 10.6 Å². The zero-order valence-electron chi connectivity index (χ0n) is 13.0. The Morgan fingerprint density at radius 1 is 1.32 bits per heavy atom. The molecule has 0 aromatic carbocycles. The van der Waals surface area contributed by atoms with Crippen LogP contribution in [-0.2, 0) is 9.53 Å². The number of carbonyl (C=O) groups is 1. The first-order chi connectivity index (χ1) is 12.2. The molecule has 0 aliphatic heterocycles. The molecule has 0 N–H and O–H groups in total. The lowest BCUT2D eigenvalue weighted by Crippen LogP contribution is -2.04. The maximum Gasteiger partial charge on any atom is 0.321 e. The lowest BCUT2D eigenvalue weighted by Gasteiger charge is -2.10. The summed E-state index contributed by atoms with van der Waals surface area (Å²) in [6.07, 6.45) is 1.10. The highest BCUT2D eigenvalue weighted by Gasteiger charge is 2.18. The van der Waals surface area contributed by atoms with E-state index in [4.69, 9.17) is 4.74 Å². The van der Waals surface area contributed by atoms with Gasteiger partial charge >= 0.3 is 5.97 Å². The van der Waals surface area contributed by atoms with Crippen LogP contribution in [0.25, 0.3) is 21.0 Å². The summed E-state index contributed by atoms with van der Waals surface area (Å²) >= 11 is 4.34. The van der Waals surface area contributed by atoms with Crippen molar-refractivity contribution >= 4 is 40.4 Å². The molecule has 4 nitrogen and oxygen atoms in total. The molecule has 0 amide bonds. The fourth-order valence-electron chi connectivity index (χ4n) is 2.17. The Balaban J connectivity index is 2.07. The summed E-state index contributed by atoms with van der Waals surface area (Å²) in [4.78, 5) is 18.2. The molecular weight excluding hydrogens is 372 g/mol. The molecular formula is C18H12N2O2S3. The van der Waals surface area contributed by atoms with E-state index in [1.807, 2.05) is 41.1 Å². The van der Waals surface area contributed by atoms with Crippen LogP contribution in [0.2, 0.25) is 0 Å². The lowest BCUT2D eigenvalue weighted by atomic mass is 10.1. The standard InChI is InChI=1S/C18H12N2O2S3/c1-2-22-17(21)11-25-18-13(10-19)12(15-5-3-7-23-15)9-14(20-18)16-6-4-8-24-16/h2-9H,1,11H2. The number of hydrogen-bond acceptors (Lipinski definition) is 7. The van der Waals surface area contributed by atoms with Crippen molar-refractivity contribution in [1.29, 1.82) is 5.26 Å². The Labute approximate surface area is 157 Å². The first-order valence-corrected chi connectivity index (χ1v) is 9.93. The van der Waals surface area contributed by atoms with Crippen molar-refractivity contribution < 1.29 is 9.53 Å². The van der Waals surface area contributed by atoms with Gasteiger partial charge in [-0.25, -0.2) is 4.98 Å². The smallest absolute Gasteiger partial charge is 0.321 e. The first-order valence-electron chi connectivity index (χ1n) is 7.19. The van der Waals surface area contributed by atoms with E-state index in [1.54, 1.807) is 22.7 Å². The molecule has 0 radical (unpaired) electrons. The van der Waals surface area contributed by atoms with Crippen LogP contribution in [0.15, 0.2) is 59.0 Å². The third-order valence-corrected chi connectivity index (χ3v) is 5.94. The van der Waals surface area contributed by atoms with Gasteiger partial charge in [-0.2, -0.15) is 5.26 Å². The molecule has 124 valence electrons. The van der Waals surface area contributed by atoms with Crippen molar-refractivity contribution in [2.24, 2.45) is 0 Å². The van der Waals surface area contributed by atoms with Gasteiger partial charge in [-0.3, -0.25) is 4.79 Å². The van der Waals surface area contributed by atoms with Crippen molar-refractivity contribution in [3.8, 4) is 27.1 Å². The highest BCUT2D eigenvalue weighted by atomic mass is 32.2. The molecule has 3 heterocycles. The molecule has 0 saturated heterocycles. The maximum absolute atomic E-state index is 11.6. The average molecular weight is 385 g/mol. The highest BCUT2D eigenvalue weighted by Crippen LogP contribution is 2.37. The van der Waals surface area contributed by atoms with Gasteiger partial charge in [-0.1, -0.05) is 30.5 Å². The van der Waals surface area contributed by atoms with E-state index in [2.05, 4.69) is 17.6 Å². The Kier molecular flexibility index (Phi) is 5.66. The molecule has 25 heavy (non-hydrogen) atoms. The number of nitriles is 1. The van der Waals surface area contributed by atoms with Crippen LogP contribution >= 0.6 is 34.4 Å². The molecule has 0 bridgehead atoms. The minimum Gasteiger partial charge on any atom is -0.435 e. The molecule has 0 spiro atoms. The van der Waals surface area contributed by atoms with Crippen LogP contribution in [-0.4, -0.2) is 16.7 Å². The van der Waals surface area contributed by atoms with Crippen LogP contribution in [0.5, 0.6) is 0 Å². The minimum atomic E-state index is -0.426. The number of ether oxygens (including phenoxy) is 1. The number of esters is 1. The maximum atomic E-state index is 11.6. The fraction of sp³-hybridized carbons (Fsp3) is 0.0556. The van der Waals surface area contributed by atoms with Gasteiger partial charge in [-0.15, -0.1) is 22.7 Å². The van der Waals surface area contributed by atoms with Gasteiger partial charge in [0, 0.05) is 10.4 Å². The van der Waals surface area contributed by atoms with E-state index >= 15 is 0 Å². The molecule has 3 rings (SSSR count). The Hall–Kier alpha value is -2.40. The average Bonchev–Trinajstić information content (AvgIpc) is 3.32. The normalized spacial score (nSPS) is 10.2. The molecule has 7 heteroatoms. The molecule has 0 aliphatic carbocycles. The van der Waals surface area contributed by atoms with Gasteiger partial charge in [0.05, 0.1) is 28.1 Å². The van der Waals surface area contributed by atoms with Crippen molar-refractivity contribution in [2.75, 3.05) is 5.75 Å². The highest BCUT2D eigenvalue weighted by molar-refractivity contribution is 7.99. The molecule has 0 saturated carbocycles. The third-order valence-electron chi connectivity index (χ3n) is 3.20. The summed E-state index contributed by atoms with van der Waals surface area (Å²) < 4.78 is 4.74. The zero-order chi connectivity index (χ0) is 17.6. The van der Waals surface area contributed by atoms with Crippen LogP contribution in [0.3, 0.4) is 0 Å². The van der Waals surface area contributed by atoms with Gasteiger partial charge in [0.2, 0.25) is 0 Å². The summed E-state index contributed by atoms with van der Waals surface area (Å²) in [5.74, 6) is -0.365. The second-order valence-corrected chi connectivity index (χ2v) is 7.61. The van der Waals surface area contributed by atoms with Gasteiger partial charge in [-0.05, 0) is 29.0 Å². The second kappa shape index (κ2) is 8.12. The monoisotopic (exact) mass is 384 g/mol. The number of rotatable bonds is 6. The number of nitrogens with zero attached hydrogens (tertiary/aromatic N) is 2. The van der Waals surface area contributed by atoms with Crippen LogP contribution in [0.4, 0.5) is 0 Å². The summed E-state index contributed by atoms with van der Waals surface area (Å²) in [5, 5.41) is 14.1. The number of hydrogen-bond donors (Lipinski definition) is 0. The summed E-state index contributed by atoms with van der Waals surface area (Å²) in [5.41, 5.74) is 2.09. The van der Waals surface area contributed by atoms with Crippen molar-refractivity contribution in [3.63, 3.8) is 0 Å². The molecule has 0 unspecified atom stereocenters. The van der Waals surface area contributed by atoms with Gasteiger partial charge in [0.25, 0.3) is 0 Å². The van der Waals surface area contributed by atoms with Gasteiger partial charge < -0.3 is 4.74 Å². The van der Waals surface area contributed by atoms with Gasteiger partial charge in [0.15, 0.2) is 0 Å². The Morgan fingerprint density at radius 3 is 2.64 bits per heavy atom. The molecule has 0 atom stereocenters. The quantitative estimate of drug-likeness (QED) is 0.332. The number of pyridine rings is 1. The Bertz CT molecular complexity index is 926. The Morgan fingerprint density at radius 2 is 2.04 bits per heavy atom.